The van der Waals surface area contributed by atoms with Crippen molar-refractivity contribution in [2.75, 3.05) is 12.3 Å². The average molecular weight is 443 g/mol. The first-order valence-electron chi connectivity index (χ1n) is 9.55. The zero-order chi connectivity index (χ0) is 21.8. The molecule has 0 unspecified atom stereocenters. The summed E-state index contributed by atoms with van der Waals surface area (Å²) >= 11 is 2.36. The van der Waals surface area contributed by atoms with E-state index in [1.54, 1.807) is 23.6 Å². The molecule has 0 saturated carbocycles. The van der Waals surface area contributed by atoms with Crippen LogP contribution in [0.2, 0.25) is 0 Å². The van der Waals surface area contributed by atoms with Gasteiger partial charge in [0, 0.05) is 17.4 Å². The Morgan fingerprint density at radius 2 is 2.13 bits per heavy atom. The van der Waals surface area contributed by atoms with Crippen molar-refractivity contribution >= 4 is 45.0 Å². The number of hydrogen-bond donors (Lipinski definition) is 1. The molecule has 2 heterocycles. The number of nitriles is 1. The summed E-state index contributed by atoms with van der Waals surface area (Å²) in [4.78, 5) is 30.5. The number of hydrogen-bond acceptors (Lipinski definition) is 8. The van der Waals surface area contributed by atoms with E-state index in [0.717, 1.165) is 17.8 Å². The monoisotopic (exact) mass is 442 g/mol. The lowest BCUT2D eigenvalue weighted by Gasteiger charge is -2.18. The number of carbonyl (C=O) groups is 1. The van der Waals surface area contributed by atoms with Gasteiger partial charge >= 0.3 is 5.97 Å². The molecule has 9 heteroatoms. The van der Waals surface area contributed by atoms with Crippen LogP contribution in [0.25, 0.3) is 10.9 Å². The molecule has 0 spiro atoms. The van der Waals surface area contributed by atoms with E-state index >= 15 is 0 Å². The van der Waals surface area contributed by atoms with E-state index < -0.39 is 5.97 Å². The summed E-state index contributed by atoms with van der Waals surface area (Å²) in [5.74, 6) is -0.233. The van der Waals surface area contributed by atoms with E-state index in [0.29, 0.717) is 26.5 Å². The Morgan fingerprint density at radius 1 is 1.40 bits per heavy atom. The van der Waals surface area contributed by atoms with Crippen LogP contribution in [0.5, 0.6) is 0 Å². The van der Waals surface area contributed by atoms with Crippen LogP contribution in [-0.4, -0.2) is 22.1 Å². The third-order valence-electron chi connectivity index (χ3n) is 4.76. The third kappa shape index (κ3) is 4.06. The molecule has 156 valence electrons. The number of aromatic nitrogens is 2. The van der Waals surface area contributed by atoms with E-state index in [1.807, 2.05) is 26.0 Å². The number of rotatable bonds is 7. The molecule has 0 aliphatic heterocycles. The molecule has 0 radical (unpaired) electrons. The Balaban J connectivity index is 2.07. The van der Waals surface area contributed by atoms with Crippen LogP contribution in [0.15, 0.2) is 34.2 Å². The molecular formula is C21H22N4O3S2. The second-order valence-electron chi connectivity index (χ2n) is 6.61. The Morgan fingerprint density at radius 3 is 2.80 bits per heavy atom. The van der Waals surface area contributed by atoms with Gasteiger partial charge in [-0.3, -0.25) is 9.36 Å². The molecule has 3 aromatic rings. The molecule has 3 rings (SSSR count). The lowest BCUT2D eigenvalue weighted by molar-refractivity contribution is 0.0531. The molecule has 30 heavy (non-hydrogen) atoms. The summed E-state index contributed by atoms with van der Waals surface area (Å²) in [6, 6.07) is 9.25. The van der Waals surface area contributed by atoms with E-state index in [1.165, 1.54) is 11.8 Å². The molecule has 0 fully saturated rings. The van der Waals surface area contributed by atoms with Crippen molar-refractivity contribution in [1.29, 1.82) is 5.26 Å². The fourth-order valence-corrected chi connectivity index (χ4v) is 5.19. The van der Waals surface area contributed by atoms with Crippen molar-refractivity contribution in [3.63, 3.8) is 0 Å². The minimum atomic E-state index is -0.503. The molecule has 0 bridgehead atoms. The second kappa shape index (κ2) is 9.32. The smallest absolute Gasteiger partial charge is 0.348 e. The van der Waals surface area contributed by atoms with Gasteiger partial charge in [0.25, 0.3) is 5.56 Å². The Labute approximate surface area is 182 Å². The first-order valence-corrected chi connectivity index (χ1v) is 11.3. The third-order valence-corrected chi connectivity index (χ3v) is 6.78. The molecule has 7 nitrogen and oxygen atoms in total. The largest absolute Gasteiger partial charge is 0.462 e. The maximum Gasteiger partial charge on any atom is 0.348 e. The van der Waals surface area contributed by atoms with Crippen LogP contribution in [0.4, 0.5) is 5.00 Å². The maximum absolute atomic E-state index is 13.1. The highest BCUT2D eigenvalue weighted by Gasteiger charge is 2.24. The predicted octanol–water partition coefficient (Wildman–Crippen LogP) is 4.35. The van der Waals surface area contributed by atoms with Crippen LogP contribution >= 0.6 is 23.1 Å². The van der Waals surface area contributed by atoms with Crippen LogP contribution in [0.1, 0.15) is 54.0 Å². The van der Waals surface area contributed by atoms with Gasteiger partial charge < -0.3 is 10.5 Å². The number of nitrogens with two attached hydrogens (primary N) is 1. The number of thioether (sulfide) groups is 1. The van der Waals surface area contributed by atoms with Crippen LogP contribution < -0.4 is 11.3 Å². The Bertz CT molecular complexity index is 1190. The molecular weight excluding hydrogens is 420 g/mol. The van der Waals surface area contributed by atoms with Crippen molar-refractivity contribution < 1.29 is 9.53 Å². The number of fused-ring (bicyclic) bond motifs is 1. The van der Waals surface area contributed by atoms with Crippen LogP contribution in [-0.2, 0) is 10.5 Å². The zero-order valence-corrected chi connectivity index (χ0v) is 18.6. The average Bonchev–Trinajstić information content (AvgIpc) is 3.07. The molecule has 0 aliphatic rings. The van der Waals surface area contributed by atoms with Crippen molar-refractivity contribution in [2.24, 2.45) is 0 Å². The molecule has 1 atom stereocenters. The summed E-state index contributed by atoms with van der Waals surface area (Å²) in [6.45, 7) is 5.92. The van der Waals surface area contributed by atoms with Crippen molar-refractivity contribution in [3.8, 4) is 6.07 Å². The van der Waals surface area contributed by atoms with Gasteiger partial charge in [-0.15, -0.1) is 11.3 Å². The summed E-state index contributed by atoms with van der Waals surface area (Å²) in [7, 11) is 0. The number of anilines is 1. The minimum Gasteiger partial charge on any atom is -0.462 e. The highest BCUT2D eigenvalue weighted by molar-refractivity contribution is 7.98. The van der Waals surface area contributed by atoms with Gasteiger partial charge in [0.05, 0.1) is 23.1 Å². The van der Waals surface area contributed by atoms with Gasteiger partial charge in [0.1, 0.15) is 15.9 Å². The van der Waals surface area contributed by atoms with Gasteiger partial charge in [0.15, 0.2) is 5.16 Å². The summed E-state index contributed by atoms with van der Waals surface area (Å²) in [5.41, 5.74) is 7.26. The van der Waals surface area contributed by atoms with Gasteiger partial charge in [0.2, 0.25) is 0 Å². The molecule has 0 saturated heterocycles. The molecule has 2 N–H and O–H groups in total. The molecule has 2 aromatic heterocycles. The zero-order valence-electron chi connectivity index (χ0n) is 17.0. The number of nitrogen functional groups attached to an aromatic ring is 1. The number of ether oxygens (including phenoxy) is 1. The van der Waals surface area contributed by atoms with E-state index in [-0.39, 0.29) is 34.5 Å². The first kappa shape index (κ1) is 21.9. The Kier molecular flexibility index (Phi) is 6.80. The van der Waals surface area contributed by atoms with Crippen molar-refractivity contribution in [1.82, 2.24) is 9.55 Å². The number of para-hydroxylation sites is 1. The number of benzene rings is 1. The van der Waals surface area contributed by atoms with E-state index in [9.17, 15) is 14.9 Å². The number of esters is 1. The fraction of sp³-hybridized carbons (Fsp3) is 0.333. The standard InChI is InChI=1S/C21H22N4O3S2/c1-4-12(3)25-19(26)13-8-6-7-9-16(13)24-21(25)29-11-15-14(10-22)18(23)30-17(15)20(27)28-5-2/h6-9,12H,4-5,11,23H2,1-3H3/t12-/m0/s1. The van der Waals surface area contributed by atoms with Crippen molar-refractivity contribution in [3.05, 3.63) is 50.6 Å². The first-order chi connectivity index (χ1) is 14.4. The lowest BCUT2D eigenvalue weighted by Crippen LogP contribution is -2.26. The Hall–Kier alpha value is -2.83. The highest BCUT2D eigenvalue weighted by Crippen LogP contribution is 2.35. The number of nitrogens with zero attached hydrogens (tertiary/aromatic N) is 3. The minimum absolute atomic E-state index is 0.0513. The number of thiophene rings is 1. The van der Waals surface area contributed by atoms with Crippen LogP contribution in [0.3, 0.4) is 0 Å². The predicted molar refractivity (Wildman–Crippen MR) is 120 cm³/mol. The maximum atomic E-state index is 13.1. The molecule has 0 aliphatic carbocycles. The quantitative estimate of drug-likeness (QED) is 0.329. The second-order valence-corrected chi connectivity index (χ2v) is 8.61. The lowest BCUT2D eigenvalue weighted by atomic mass is 10.2. The van der Waals surface area contributed by atoms with Crippen LogP contribution in [0, 0.1) is 11.3 Å². The normalized spacial score (nSPS) is 11.9. The highest BCUT2D eigenvalue weighted by atomic mass is 32.2. The fourth-order valence-electron chi connectivity index (χ4n) is 3.04. The van der Waals surface area contributed by atoms with E-state index in [4.69, 9.17) is 15.5 Å². The summed E-state index contributed by atoms with van der Waals surface area (Å²) < 4.78 is 6.80. The summed E-state index contributed by atoms with van der Waals surface area (Å²) in [6.07, 6.45) is 0.760. The summed E-state index contributed by atoms with van der Waals surface area (Å²) in [5, 5.41) is 10.9. The van der Waals surface area contributed by atoms with Gasteiger partial charge in [-0.05, 0) is 32.4 Å². The topological polar surface area (TPSA) is 111 Å². The van der Waals surface area contributed by atoms with Gasteiger partial charge in [-0.2, -0.15) is 5.26 Å². The molecule has 0 amide bonds. The van der Waals surface area contributed by atoms with Gasteiger partial charge in [-0.25, -0.2) is 9.78 Å². The SMILES string of the molecule is CCOC(=O)c1sc(N)c(C#N)c1CSc1nc2ccccc2c(=O)n1[C@@H](C)CC. The van der Waals surface area contributed by atoms with E-state index in [2.05, 4.69) is 6.07 Å². The van der Waals surface area contributed by atoms with Crippen molar-refractivity contribution in [2.45, 2.75) is 44.1 Å². The van der Waals surface area contributed by atoms with Gasteiger partial charge in [-0.1, -0.05) is 30.8 Å². The molecule has 1 aromatic carbocycles. The number of carbonyl (C=O) groups excluding carboxylic acids is 1.